The molecule has 0 saturated carbocycles. The van der Waals surface area contributed by atoms with Gasteiger partial charge in [0.15, 0.2) is 0 Å². The van der Waals surface area contributed by atoms with Crippen LogP contribution in [0.5, 0.6) is 0 Å². The summed E-state index contributed by atoms with van der Waals surface area (Å²) in [4.78, 5) is 20.9. The highest BCUT2D eigenvalue weighted by Gasteiger charge is 2.20. The van der Waals surface area contributed by atoms with Crippen molar-refractivity contribution in [2.75, 3.05) is 17.2 Å². The van der Waals surface area contributed by atoms with Gasteiger partial charge in [-0.3, -0.25) is 4.79 Å². The maximum atomic E-state index is 12.0. The van der Waals surface area contributed by atoms with E-state index in [1.54, 1.807) is 6.20 Å². The van der Waals surface area contributed by atoms with Gasteiger partial charge in [-0.1, -0.05) is 32.0 Å². The molecule has 3 rings (SSSR count). The van der Waals surface area contributed by atoms with Crippen LogP contribution in [0.2, 0.25) is 0 Å². The average molecular weight is 296 g/mol. The monoisotopic (exact) mass is 296 g/mol. The van der Waals surface area contributed by atoms with Crippen LogP contribution in [0.1, 0.15) is 25.8 Å². The highest BCUT2D eigenvalue weighted by Crippen LogP contribution is 2.32. The number of aromatic nitrogens is 2. The Labute approximate surface area is 130 Å². The first kappa shape index (κ1) is 14.5. The van der Waals surface area contributed by atoms with Crippen molar-refractivity contribution in [3.8, 4) is 11.3 Å². The van der Waals surface area contributed by atoms with Crippen LogP contribution < -0.4 is 10.6 Å². The Bertz CT molecular complexity index is 697. The number of benzene rings is 1. The van der Waals surface area contributed by atoms with Gasteiger partial charge in [0.1, 0.15) is 0 Å². The van der Waals surface area contributed by atoms with E-state index < -0.39 is 0 Å². The Morgan fingerprint density at radius 3 is 2.95 bits per heavy atom. The van der Waals surface area contributed by atoms with Crippen LogP contribution in [0.15, 0.2) is 30.5 Å². The van der Waals surface area contributed by atoms with E-state index in [-0.39, 0.29) is 5.91 Å². The van der Waals surface area contributed by atoms with Crippen LogP contribution in [-0.4, -0.2) is 22.4 Å². The lowest BCUT2D eigenvalue weighted by atomic mass is 10.1. The molecule has 1 amide bonds. The summed E-state index contributed by atoms with van der Waals surface area (Å²) >= 11 is 0. The molecule has 1 aromatic carbocycles. The zero-order chi connectivity index (χ0) is 15.5. The normalized spacial score (nSPS) is 13.1. The van der Waals surface area contributed by atoms with Gasteiger partial charge in [0.25, 0.3) is 0 Å². The number of nitrogens with one attached hydrogen (secondary N) is 2. The van der Waals surface area contributed by atoms with E-state index in [1.807, 2.05) is 24.3 Å². The number of carbonyl (C=O) groups is 1. The lowest BCUT2D eigenvalue weighted by Crippen LogP contribution is -2.13. The summed E-state index contributed by atoms with van der Waals surface area (Å²) in [5.74, 6) is 1.22. The second-order valence-corrected chi connectivity index (χ2v) is 5.95. The van der Waals surface area contributed by atoms with Crippen molar-refractivity contribution in [3.05, 3.63) is 36.0 Å². The number of hydrogen-bond donors (Lipinski definition) is 2. The highest BCUT2D eigenvalue weighted by atomic mass is 16.1. The summed E-state index contributed by atoms with van der Waals surface area (Å²) in [5, 5.41) is 6.18. The molecular weight excluding hydrogens is 276 g/mol. The minimum absolute atomic E-state index is 0.0321. The van der Waals surface area contributed by atoms with E-state index in [0.29, 0.717) is 18.3 Å². The van der Waals surface area contributed by atoms with Crippen molar-refractivity contribution in [2.45, 2.75) is 26.7 Å². The molecule has 2 aromatic rings. The number of fused-ring (bicyclic) bond motifs is 3. The summed E-state index contributed by atoms with van der Waals surface area (Å²) in [6.07, 6.45) is 3.12. The second-order valence-electron chi connectivity index (χ2n) is 5.95. The van der Waals surface area contributed by atoms with Gasteiger partial charge in [-0.15, -0.1) is 0 Å². The van der Waals surface area contributed by atoms with Gasteiger partial charge in [0.2, 0.25) is 11.9 Å². The zero-order valence-electron chi connectivity index (χ0n) is 12.9. The molecule has 0 aliphatic carbocycles. The smallest absolute Gasteiger partial charge is 0.228 e. The molecule has 0 unspecified atom stereocenters. The van der Waals surface area contributed by atoms with Crippen LogP contribution >= 0.6 is 0 Å². The highest BCUT2D eigenvalue weighted by molar-refractivity contribution is 5.99. The van der Waals surface area contributed by atoms with E-state index in [0.717, 1.165) is 35.5 Å². The van der Waals surface area contributed by atoms with E-state index in [2.05, 4.69) is 34.4 Å². The molecule has 2 N–H and O–H groups in total. The minimum Gasteiger partial charge on any atom is -0.354 e. The van der Waals surface area contributed by atoms with Gasteiger partial charge in [0, 0.05) is 23.9 Å². The van der Waals surface area contributed by atoms with Crippen molar-refractivity contribution < 1.29 is 4.79 Å². The van der Waals surface area contributed by atoms with E-state index in [1.165, 1.54) is 0 Å². The summed E-state index contributed by atoms with van der Waals surface area (Å²) in [6.45, 7) is 5.22. The van der Waals surface area contributed by atoms with Crippen LogP contribution in [0.25, 0.3) is 11.3 Å². The number of rotatable bonds is 4. The lowest BCUT2D eigenvalue weighted by molar-refractivity contribution is -0.115. The van der Waals surface area contributed by atoms with E-state index in [4.69, 9.17) is 0 Å². The quantitative estimate of drug-likeness (QED) is 0.910. The molecule has 2 heterocycles. The third-order valence-corrected chi connectivity index (χ3v) is 3.68. The predicted octanol–water partition coefficient (Wildman–Crippen LogP) is 3.10. The largest absolute Gasteiger partial charge is 0.354 e. The summed E-state index contributed by atoms with van der Waals surface area (Å²) in [7, 11) is 0. The Morgan fingerprint density at radius 2 is 2.14 bits per heavy atom. The molecule has 5 heteroatoms. The van der Waals surface area contributed by atoms with Crippen LogP contribution in [-0.2, 0) is 11.2 Å². The third-order valence-electron chi connectivity index (χ3n) is 3.68. The fourth-order valence-electron chi connectivity index (χ4n) is 2.49. The van der Waals surface area contributed by atoms with Gasteiger partial charge in [-0.05, 0) is 18.4 Å². The minimum atomic E-state index is -0.0321. The topological polar surface area (TPSA) is 66.9 Å². The van der Waals surface area contributed by atoms with Crippen LogP contribution in [0.3, 0.4) is 0 Å². The Balaban J connectivity index is 1.94. The van der Waals surface area contributed by atoms with Crippen molar-refractivity contribution in [2.24, 2.45) is 5.92 Å². The van der Waals surface area contributed by atoms with Gasteiger partial charge in [-0.2, -0.15) is 0 Å². The van der Waals surface area contributed by atoms with Crippen molar-refractivity contribution in [1.82, 2.24) is 9.97 Å². The third kappa shape index (κ3) is 3.08. The maximum absolute atomic E-state index is 12.0. The number of nitrogens with zero attached hydrogens (tertiary/aromatic N) is 2. The Kier molecular flexibility index (Phi) is 4.04. The van der Waals surface area contributed by atoms with Gasteiger partial charge >= 0.3 is 0 Å². The molecule has 1 aliphatic heterocycles. The molecule has 0 fully saturated rings. The molecule has 5 nitrogen and oxygen atoms in total. The maximum Gasteiger partial charge on any atom is 0.228 e. The summed E-state index contributed by atoms with van der Waals surface area (Å²) in [5.41, 5.74) is 3.43. The van der Waals surface area contributed by atoms with Gasteiger partial charge in [-0.25, -0.2) is 9.97 Å². The first-order valence-corrected chi connectivity index (χ1v) is 7.62. The molecule has 1 aromatic heterocycles. The van der Waals surface area contributed by atoms with E-state index in [9.17, 15) is 4.79 Å². The van der Waals surface area contributed by atoms with Gasteiger partial charge in [0.05, 0.1) is 17.8 Å². The molecule has 0 atom stereocenters. The molecule has 0 radical (unpaired) electrons. The molecular formula is C17H20N4O. The van der Waals surface area contributed by atoms with E-state index >= 15 is 0 Å². The number of para-hydroxylation sites is 1. The Morgan fingerprint density at radius 1 is 1.32 bits per heavy atom. The summed E-state index contributed by atoms with van der Waals surface area (Å²) in [6, 6.07) is 7.74. The fourth-order valence-corrected chi connectivity index (χ4v) is 2.49. The molecule has 0 spiro atoms. The predicted molar refractivity (Wildman–Crippen MR) is 87.7 cm³/mol. The van der Waals surface area contributed by atoms with Crippen molar-refractivity contribution in [1.29, 1.82) is 0 Å². The summed E-state index contributed by atoms with van der Waals surface area (Å²) < 4.78 is 0. The lowest BCUT2D eigenvalue weighted by Gasteiger charge is -2.11. The standard InChI is InChI=1S/C17H20N4O/c1-11(2)7-8-18-17-19-10-12-9-15(22)20-14-6-4-3-5-13(14)16(12)21-17/h3-6,10-11H,7-9H2,1-2H3,(H,20,22)(H,18,19,21). The van der Waals surface area contributed by atoms with Gasteiger partial charge < -0.3 is 10.6 Å². The van der Waals surface area contributed by atoms with Crippen LogP contribution in [0, 0.1) is 5.92 Å². The molecule has 114 valence electrons. The van der Waals surface area contributed by atoms with Crippen molar-refractivity contribution >= 4 is 17.5 Å². The zero-order valence-corrected chi connectivity index (χ0v) is 12.9. The number of amides is 1. The first-order chi connectivity index (χ1) is 10.6. The number of carbonyl (C=O) groups excluding carboxylic acids is 1. The number of hydrogen-bond acceptors (Lipinski definition) is 4. The Hall–Kier alpha value is -2.43. The SMILES string of the molecule is CC(C)CCNc1ncc2c(n1)-c1ccccc1NC(=O)C2. The fraction of sp³-hybridized carbons (Fsp3) is 0.353. The average Bonchev–Trinajstić information content (AvgIpc) is 2.62. The van der Waals surface area contributed by atoms with Crippen LogP contribution in [0.4, 0.5) is 11.6 Å². The molecule has 0 bridgehead atoms. The first-order valence-electron chi connectivity index (χ1n) is 7.62. The molecule has 0 saturated heterocycles. The second kappa shape index (κ2) is 6.13. The van der Waals surface area contributed by atoms with Crippen molar-refractivity contribution in [3.63, 3.8) is 0 Å². The number of anilines is 2. The molecule has 22 heavy (non-hydrogen) atoms. The molecule has 1 aliphatic rings.